The molecule has 0 aliphatic carbocycles. The van der Waals surface area contributed by atoms with Gasteiger partial charge in [0.15, 0.2) is 0 Å². The molecule has 2 aromatic carbocycles. The minimum atomic E-state index is -3.20. The first-order chi connectivity index (χ1) is 11.6. The molecule has 24 heavy (non-hydrogen) atoms. The zero-order valence-electron chi connectivity index (χ0n) is 13.9. The van der Waals surface area contributed by atoms with Gasteiger partial charge in [-0.25, -0.2) is 13.1 Å². The lowest BCUT2D eigenvalue weighted by Gasteiger charge is -2.33. The summed E-state index contributed by atoms with van der Waals surface area (Å²) in [5.41, 5.74) is 3.57. The quantitative estimate of drug-likeness (QED) is 0.877. The summed E-state index contributed by atoms with van der Waals surface area (Å²) in [4.78, 5) is 0. The smallest absolute Gasteiger partial charge is 0.211 e. The van der Waals surface area contributed by atoms with E-state index in [0.717, 1.165) is 13.0 Å². The van der Waals surface area contributed by atoms with E-state index < -0.39 is 10.0 Å². The number of benzene rings is 2. The lowest BCUT2D eigenvalue weighted by atomic mass is 9.86. The Labute approximate surface area is 144 Å². The summed E-state index contributed by atoms with van der Waals surface area (Å²) in [5, 5.41) is 3.29. The lowest BCUT2D eigenvalue weighted by molar-refractivity contribution is 0.378. The molecule has 1 saturated heterocycles. The summed E-state index contributed by atoms with van der Waals surface area (Å²) in [7, 11) is -3.20. The Kier molecular flexibility index (Phi) is 5.33. The molecule has 2 N–H and O–H groups in total. The first kappa shape index (κ1) is 17.1. The second-order valence-corrected chi connectivity index (χ2v) is 8.26. The standard InChI is InChI=1S/C19H24N2O2S/c1-2-24(22,23)21-19-14-20-13-12-18(19)17-10-8-16(9-11-17)15-6-4-3-5-7-15/h3-11,18-21H,2,12-14H2,1H3/t18-,19+/m0/s1. The normalized spacial score (nSPS) is 21.5. The van der Waals surface area contributed by atoms with Crippen molar-refractivity contribution in [3.05, 3.63) is 60.2 Å². The van der Waals surface area contributed by atoms with E-state index in [1.54, 1.807) is 6.92 Å². The molecule has 2 atom stereocenters. The van der Waals surface area contributed by atoms with Gasteiger partial charge in [0.1, 0.15) is 0 Å². The highest BCUT2D eigenvalue weighted by atomic mass is 32.2. The molecule has 128 valence electrons. The van der Waals surface area contributed by atoms with Crippen molar-refractivity contribution in [2.24, 2.45) is 0 Å². The monoisotopic (exact) mass is 344 g/mol. The largest absolute Gasteiger partial charge is 0.315 e. The van der Waals surface area contributed by atoms with Crippen molar-refractivity contribution < 1.29 is 8.42 Å². The maximum Gasteiger partial charge on any atom is 0.211 e. The second-order valence-electron chi connectivity index (χ2n) is 6.22. The average molecular weight is 344 g/mol. The fourth-order valence-corrected chi connectivity index (χ4v) is 4.12. The summed E-state index contributed by atoms with van der Waals surface area (Å²) in [6, 6.07) is 18.7. The van der Waals surface area contributed by atoms with Crippen LogP contribution in [0.4, 0.5) is 0 Å². The summed E-state index contributed by atoms with van der Waals surface area (Å²) in [5.74, 6) is 0.320. The van der Waals surface area contributed by atoms with E-state index in [1.165, 1.54) is 16.7 Å². The number of sulfonamides is 1. The Morgan fingerprint density at radius 3 is 2.38 bits per heavy atom. The SMILES string of the molecule is CCS(=O)(=O)N[C@@H]1CNCC[C@H]1c1ccc(-c2ccccc2)cc1. The van der Waals surface area contributed by atoms with Crippen molar-refractivity contribution in [3.63, 3.8) is 0 Å². The fourth-order valence-electron chi connectivity index (χ4n) is 3.25. The van der Waals surface area contributed by atoms with Crippen LogP contribution in [0, 0.1) is 0 Å². The van der Waals surface area contributed by atoms with E-state index in [9.17, 15) is 8.42 Å². The van der Waals surface area contributed by atoms with E-state index in [4.69, 9.17) is 0 Å². The highest BCUT2D eigenvalue weighted by Gasteiger charge is 2.29. The van der Waals surface area contributed by atoms with Crippen molar-refractivity contribution in [2.45, 2.75) is 25.3 Å². The Morgan fingerprint density at radius 2 is 1.71 bits per heavy atom. The van der Waals surface area contributed by atoms with Crippen LogP contribution < -0.4 is 10.0 Å². The molecule has 1 aliphatic heterocycles. The number of rotatable bonds is 5. The van der Waals surface area contributed by atoms with Gasteiger partial charge >= 0.3 is 0 Å². The summed E-state index contributed by atoms with van der Waals surface area (Å²) < 4.78 is 26.7. The minimum absolute atomic E-state index is 0.0914. The van der Waals surface area contributed by atoms with Gasteiger partial charge < -0.3 is 5.32 Å². The van der Waals surface area contributed by atoms with Gasteiger partial charge in [-0.05, 0) is 36.6 Å². The Balaban J connectivity index is 1.81. The van der Waals surface area contributed by atoms with Crippen LogP contribution in [0.1, 0.15) is 24.8 Å². The molecule has 0 radical (unpaired) electrons. The molecule has 0 unspecified atom stereocenters. The topological polar surface area (TPSA) is 58.2 Å². The molecular formula is C19H24N2O2S. The maximum absolute atomic E-state index is 11.9. The van der Waals surface area contributed by atoms with E-state index in [0.29, 0.717) is 6.54 Å². The fraction of sp³-hybridized carbons (Fsp3) is 0.368. The van der Waals surface area contributed by atoms with Crippen LogP contribution in [-0.2, 0) is 10.0 Å². The van der Waals surface area contributed by atoms with Crippen LogP contribution in [-0.4, -0.2) is 33.3 Å². The Bertz CT molecular complexity index is 758. The predicted octanol–water partition coefficient (Wildman–Crippen LogP) is 2.74. The molecule has 0 saturated carbocycles. The first-order valence-electron chi connectivity index (χ1n) is 8.45. The molecule has 2 aromatic rings. The van der Waals surface area contributed by atoms with Gasteiger partial charge in [0, 0.05) is 18.5 Å². The second kappa shape index (κ2) is 7.47. The first-order valence-corrected chi connectivity index (χ1v) is 10.1. The van der Waals surface area contributed by atoms with Gasteiger partial charge in [-0.15, -0.1) is 0 Å². The van der Waals surface area contributed by atoms with Crippen molar-refractivity contribution in [1.29, 1.82) is 0 Å². The van der Waals surface area contributed by atoms with Gasteiger partial charge in [0.05, 0.1) is 5.75 Å². The van der Waals surface area contributed by atoms with Gasteiger partial charge in [-0.1, -0.05) is 54.6 Å². The third-order valence-electron chi connectivity index (χ3n) is 4.64. The maximum atomic E-state index is 11.9. The van der Waals surface area contributed by atoms with Crippen molar-refractivity contribution in [2.75, 3.05) is 18.8 Å². The molecule has 0 amide bonds. The highest BCUT2D eigenvalue weighted by molar-refractivity contribution is 7.89. The zero-order chi connectivity index (χ0) is 17.0. The summed E-state index contributed by atoms with van der Waals surface area (Å²) in [6.45, 7) is 3.25. The van der Waals surface area contributed by atoms with Crippen LogP contribution in [0.3, 0.4) is 0 Å². The zero-order valence-corrected chi connectivity index (χ0v) is 14.7. The summed E-state index contributed by atoms with van der Waals surface area (Å²) >= 11 is 0. The van der Waals surface area contributed by atoms with E-state index >= 15 is 0 Å². The molecule has 3 rings (SSSR count). The number of piperidine rings is 1. The van der Waals surface area contributed by atoms with Gasteiger partial charge in [-0.3, -0.25) is 0 Å². The van der Waals surface area contributed by atoms with Crippen LogP contribution in [0.25, 0.3) is 11.1 Å². The van der Waals surface area contributed by atoms with E-state index in [1.807, 2.05) is 18.2 Å². The van der Waals surface area contributed by atoms with Crippen LogP contribution in [0.5, 0.6) is 0 Å². The predicted molar refractivity (Wildman–Crippen MR) is 98.5 cm³/mol. The number of hydrogen-bond donors (Lipinski definition) is 2. The lowest BCUT2D eigenvalue weighted by Crippen LogP contribution is -2.50. The molecule has 0 spiro atoms. The van der Waals surface area contributed by atoms with Crippen molar-refractivity contribution in [1.82, 2.24) is 10.0 Å². The van der Waals surface area contributed by atoms with E-state index in [-0.39, 0.29) is 17.7 Å². The van der Waals surface area contributed by atoms with Crippen molar-refractivity contribution >= 4 is 10.0 Å². The van der Waals surface area contributed by atoms with Crippen molar-refractivity contribution in [3.8, 4) is 11.1 Å². The summed E-state index contributed by atoms with van der Waals surface area (Å²) in [6.07, 6.45) is 0.932. The molecular weight excluding hydrogens is 320 g/mol. The molecule has 1 heterocycles. The number of hydrogen-bond acceptors (Lipinski definition) is 3. The van der Waals surface area contributed by atoms with E-state index in [2.05, 4.69) is 46.4 Å². The molecule has 0 bridgehead atoms. The average Bonchev–Trinajstić information content (AvgIpc) is 2.63. The third-order valence-corrected chi connectivity index (χ3v) is 6.06. The Morgan fingerprint density at radius 1 is 1.04 bits per heavy atom. The van der Waals surface area contributed by atoms with Crippen LogP contribution in [0.2, 0.25) is 0 Å². The molecule has 0 aromatic heterocycles. The molecule has 1 aliphatic rings. The Hall–Kier alpha value is -1.69. The number of nitrogens with one attached hydrogen (secondary N) is 2. The van der Waals surface area contributed by atoms with Gasteiger partial charge in [0.25, 0.3) is 0 Å². The van der Waals surface area contributed by atoms with Crippen LogP contribution in [0.15, 0.2) is 54.6 Å². The van der Waals surface area contributed by atoms with Gasteiger partial charge in [-0.2, -0.15) is 0 Å². The molecule has 1 fully saturated rings. The minimum Gasteiger partial charge on any atom is -0.315 e. The van der Waals surface area contributed by atoms with Crippen LogP contribution >= 0.6 is 0 Å². The van der Waals surface area contributed by atoms with Gasteiger partial charge in [0.2, 0.25) is 10.0 Å². The third kappa shape index (κ3) is 4.04. The molecule has 5 heteroatoms. The highest BCUT2D eigenvalue weighted by Crippen LogP contribution is 2.28. The molecule has 4 nitrogen and oxygen atoms in total.